The second-order valence-electron chi connectivity index (χ2n) is 5.96. The Morgan fingerprint density at radius 3 is 2.62 bits per heavy atom. The number of H-pyrrole nitrogens is 1. The number of carbonyl (C=O) groups is 1. The van der Waals surface area contributed by atoms with Gasteiger partial charge in [0.25, 0.3) is 5.91 Å². The number of rotatable bonds is 5. The quantitative estimate of drug-likeness (QED) is 0.583. The zero-order chi connectivity index (χ0) is 17.8. The number of pyridine rings is 2. The average Bonchev–Trinajstić information content (AvgIpc) is 3.13. The van der Waals surface area contributed by atoms with Crippen molar-refractivity contribution in [1.29, 1.82) is 0 Å². The third kappa shape index (κ3) is 3.30. The predicted octanol–water partition coefficient (Wildman–Crippen LogP) is 3.07. The molecule has 0 radical (unpaired) electrons. The summed E-state index contributed by atoms with van der Waals surface area (Å²) in [5.41, 5.74) is 3.18. The van der Waals surface area contributed by atoms with Crippen LogP contribution < -0.4 is 5.32 Å². The maximum absolute atomic E-state index is 12.7. The van der Waals surface area contributed by atoms with Crippen LogP contribution >= 0.6 is 0 Å². The minimum atomic E-state index is -0.257. The molecule has 0 spiro atoms. The maximum Gasteiger partial charge on any atom is 0.251 e. The van der Waals surface area contributed by atoms with E-state index in [0.29, 0.717) is 17.6 Å². The summed E-state index contributed by atoms with van der Waals surface area (Å²) in [5, 5.41) is 11.3. The van der Waals surface area contributed by atoms with Crippen LogP contribution in [0.2, 0.25) is 0 Å². The van der Waals surface area contributed by atoms with Crippen molar-refractivity contribution in [3.8, 4) is 0 Å². The summed E-state index contributed by atoms with van der Waals surface area (Å²) in [6.45, 7) is 0. The second-order valence-corrected chi connectivity index (χ2v) is 5.96. The predicted molar refractivity (Wildman–Crippen MR) is 98.5 cm³/mol. The highest BCUT2D eigenvalue weighted by molar-refractivity contribution is 5.94. The zero-order valence-electron chi connectivity index (χ0n) is 14.0. The minimum Gasteiger partial charge on any atom is -0.343 e. The first-order chi connectivity index (χ1) is 12.8. The molecule has 6 heteroatoms. The van der Waals surface area contributed by atoms with E-state index in [9.17, 15) is 4.79 Å². The summed E-state index contributed by atoms with van der Waals surface area (Å²) in [4.78, 5) is 20.9. The van der Waals surface area contributed by atoms with Gasteiger partial charge in [-0.2, -0.15) is 5.10 Å². The topological polar surface area (TPSA) is 83.6 Å². The van der Waals surface area contributed by atoms with Crippen LogP contribution in [0.5, 0.6) is 0 Å². The van der Waals surface area contributed by atoms with Crippen LogP contribution in [-0.4, -0.2) is 26.1 Å². The van der Waals surface area contributed by atoms with Gasteiger partial charge in [-0.1, -0.05) is 30.3 Å². The first-order valence-corrected chi connectivity index (χ1v) is 8.35. The number of fused-ring (bicyclic) bond motifs is 1. The van der Waals surface area contributed by atoms with E-state index in [1.165, 1.54) is 0 Å². The fourth-order valence-electron chi connectivity index (χ4n) is 2.96. The molecule has 0 aliphatic heterocycles. The Balaban J connectivity index is 1.68. The number of amides is 1. The molecule has 6 nitrogen and oxygen atoms in total. The van der Waals surface area contributed by atoms with Crippen LogP contribution in [0.15, 0.2) is 73.2 Å². The third-order valence-electron chi connectivity index (χ3n) is 4.24. The molecule has 3 aromatic heterocycles. The smallest absolute Gasteiger partial charge is 0.251 e. The third-order valence-corrected chi connectivity index (χ3v) is 4.24. The van der Waals surface area contributed by atoms with Gasteiger partial charge in [0.1, 0.15) is 0 Å². The summed E-state index contributed by atoms with van der Waals surface area (Å²) < 4.78 is 0. The SMILES string of the molecule is O=C(NC(Cc1ccccc1)c1[nH]nc2ncccc12)c1ccncc1. The molecular weight excluding hydrogens is 326 g/mol. The lowest BCUT2D eigenvalue weighted by molar-refractivity contribution is 0.0936. The highest BCUT2D eigenvalue weighted by Gasteiger charge is 2.21. The van der Waals surface area contributed by atoms with Crippen LogP contribution in [0.4, 0.5) is 0 Å². The monoisotopic (exact) mass is 343 g/mol. The largest absolute Gasteiger partial charge is 0.343 e. The number of carbonyl (C=O) groups excluding carboxylic acids is 1. The Bertz CT molecular complexity index is 1010. The normalized spacial score (nSPS) is 12.0. The number of aromatic amines is 1. The summed E-state index contributed by atoms with van der Waals surface area (Å²) in [6.07, 6.45) is 5.56. The molecule has 4 rings (SSSR count). The number of nitrogens with one attached hydrogen (secondary N) is 2. The summed E-state index contributed by atoms with van der Waals surface area (Å²) in [6, 6.07) is 17.0. The molecule has 1 atom stereocenters. The Morgan fingerprint density at radius 2 is 1.81 bits per heavy atom. The molecule has 4 aromatic rings. The lowest BCUT2D eigenvalue weighted by Crippen LogP contribution is -2.30. The summed E-state index contributed by atoms with van der Waals surface area (Å²) in [5.74, 6) is -0.153. The van der Waals surface area contributed by atoms with Gasteiger partial charge in [-0.15, -0.1) is 0 Å². The fourth-order valence-corrected chi connectivity index (χ4v) is 2.96. The minimum absolute atomic E-state index is 0.153. The van der Waals surface area contributed by atoms with Gasteiger partial charge in [0.15, 0.2) is 5.65 Å². The molecule has 0 bridgehead atoms. The van der Waals surface area contributed by atoms with E-state index in [4.69, 9.17) is 0 Å². The van der Waals surface area contributed by atoms with Crippen LogP contribution in [-0.2, 0) is 6.42 Å². The van der Waals surface area contributed by atoms with Crippen molar-refractivity contribution in [3.63, 3.8) is 0 Å². The average molecular weight is 343 g/mol. The van der Waals surface area contributed by atoms with Gasteiger partial charge in [0.05, 0.1) is 11.7 Å². The van der Waals surface area contributed by atoms with E-state index in [1.54, 1.807) is 30.7 Å². The van der Waals surface area contributed by atoms with Crippen LogP contribution in [0.25, 0.3) is 11.0 Å². The Labute approximate surface area is 150 Å². The van der Waals surface area contributed by atoms with Crippen LogP contribution in [0.3, 0.4) is 0 Å². The van der Waals surface area contributed by atoms with E-state index in [1.807, 2.05) is 42.5 Å². The lowest BCUT2D eigenvalue weighted by atomic mass is 10.0. The number of nitrogens with zero attached hydrogens (tertiary/aromatic N) is 3. The molecule has 128 valence electrons. The molecular formula is C20H17N5O. The zero-order valence-corrected chi connectivity index (χ0v) is 14.0. The summed E-state index contributed by atoms with van der Waals surface area (Å²) in [7, 11) is 0. The van der Waals surface area contributed by atoms with Gasteiger partial charge in [0.2, 0.25) is 0 Å². The van der Waals surface area contributed by atoms with Gasteiger partial charge in [-0.3, -0.25) is 14.9 Å². The molecule has 0 saturated carbocycles. The van der Waals surface area contributed by atoms with E-state index < -0.39 is 0 Å². The number of aromatic nitrogens is 4. The van der Waals surface area contributed by atoms with Crippen LogP contribution in [0, 0.1) is 0 Å². The van der Waals surface area contributed by atoms with Gasteiger partial charge < -0.3 is 5.32 Å². The van der Waals surface area contributed by atoms with E-state index in [2.05, 4.69) is 25.5 Å². The molecule has 26 heavy (non-hydrogen) atoms. The lowest BCUT2D eigenvalue weighted by Gasteiger charge is -2.18. The van der Waals surface area contributed by atoms with E-state index in [0.717, 1.165) is 16.6 Å². The molecule has 1 aromatic carbocycles. The number of hydrogen-bond donors (Lipinski definition) is 2. The maximum atomic E-state index is 12.7. The van der Waals surface area contributed by atoms with Gasteiger partial charge in [-0.05, 0) is 36.2 Å². The highest BCUT2D eigenvalue weighted by atomic mass is 16.1. The molecule has 1 amide bonds. The first kappa shape index (κ1) is 16.0. The van der Waals surface area contributed by atoms with Gasteiger partial charge in [-0.25, -0.2) is 4.98 Å². The van der Waals surface area contributed by atoms with Gasteiger partial charge in [0, 0.05) is 29.5 Å². The molecule has 0 aliphatic carbocycles. The van der Waals surface area contributed by atoms with Crippen molar-refractivity contribution >= 4 is 16.9 Å². The van der Waals surface area contributed by atoms with E-state index >= 15 is 0 Å². The molecule has 2 N–H and O–H groups in total. The van der Waals surface area contributed by atoms with Crippen molar-refractivity contribution in [1.82, 2.24) is 25.5 Å². The molecule has 0 fully saturated rings. The second kappa shape index (κ2) is 7.14. The van der Waals surface area contributed by atoms with E-state index in [-0.39, 0.29) is 11.9 Å². The number of hydrogen-bond acceptors (Lipinski definition) is 4. The van der Waals surface area contributed by atoms with Crippen molar-refractivity contribution in [3.05, 3.63) is 90.0 Å². The fraction of sp³-hybridized carbons (Fsp3) is 0.100. The standard InChI is InChI=1S/C20H17N5O/c26-20(15-8-11-21-12-9-15)23-17(13-14-5-2-1-3-6-14)18-16-7-4-10-22-19(16)25-24-18/h1-12,17H,13H2,(H,23,26)(H,22,24,25). The first-order valence-electron chi connectivity index (χ1n) is 8.35. The van der Waals surface area contributed by atoms with Crippen LogP contribution in [0.1, 0.15) is 27.7 Å². The highest BCUT2D eigenvalue weighted by Crippen LogP contribution is 2.24. The molecule has 1 unspecified atom stereocenters. The Morgan fingerprint density at radius 1 is 1.00 bits per heavy atom. The summed E-state index contributed by atoms with van der Waals surface area (Å²) >= 11 is 0. The number of benzene rings is 1. The van der Waals surface area contributed by atoms with Crippen molar-refractivity contribution in [2.24, 2.45) is 0 Å². The van der Waals surface area contributed by atoms with Crippen molar-refractivity contribution in [2.45, 2.75) is 12.5 Å². The van der Waals surface area contributed by atoms with Gasteiger partial charge >= 0.3 is 0 Å². The van der Waals surface area contributed by atoms with Crippen molar-refractivity contribution in [2.75, 3.05) is 0 Å². The Kier molecular flexibility index (Phi) is 4.38. The van der Waals surface area contributed by atoms with Crippen molar-refractivity contribution < 1.29 is 4.79 Å². The molecule has 0 aliphatic rings. The molecule has 0 saturated heterocycles. The Hall–Kier alpha value is -3.54. The molecule has 3 heterocycles.